The predicted molar refractivity (Wildman–Crippen MR) is 255 cm³/mol. The van der Waals surface area contributed by atoms with Crippen LogP contribution in [-0.2, 0) is 0 Å². The van der Waals surface area contributed by atoms with Crippen LogP contribution in [0.2, 0.25) is 0 Å². The van der Waals surface area contributed by atoms with Crippen molar-refractivity contribution >= 4 is 82.1 Å². The molecule has 0 saturated heterocycles. The van der Waals surface area contributed by atoms with E-state index in [0.717, 1.165) is 55.7 Å². The third-order valence-corrected chi connectivity index (χ3v) is 12.2. The minimum atomic E-state index is 0.899. The van der Waals surface area contributed by atoms with Crippen molar-refractivity contribution in [2.24, 2.45) is 0 Å². The number of hydrogen-bond donors (Lipinski definition) is 0. The van der Waals surface area contributed by atoms with Gasteiger partial charge in [-0.15, -0.1) is 0 Å². The molecule has 60 heavy (non-hydrogen) atoms. The number of nitrogens with zero attached hydrogens (tertiary/aromatic N) is 1. The van der Waals surface area contributed by atoms with Crippen molar-refractivity contribution in [1.82, 2.24) is 0 Å². The lowest BCUT2D eigenvalue weighted by Gasteiger charge is -2.28. The zero-order valence-electron chi connectivity index (χ0n) is 32.7. The van der Waals surface area contributed by atoms with Gasteiger partial charge in [0.2, 0.25) is 0 Å². The molecule has 0 aliphatic carbocycles. The Hall–Kier alpha value is -7.94. The Morgan fingerprint density at radius 3 is 1.57 bits per heavy atom. The summed E-state index contributed by atoms with van der Waals surface area (Å²) in [7, 11) is 0. The summed E-state index contributed by atoms with van der Waals surface area (Å²) in [5, 5.41) is 12.3. The minimum Gasteiger partial charge on any atom is -0.456 e. The molecule has 2 heteroatoms. The highest BCUT2D eigenvalue weighted by Crippen LogP contribution is 2.44. The lowest BCUT2D eigenvalue weighted by atomic mass is 9.93. The average Bonchev–Trinajstić information content (AvgIpc) is 3.71. The van der Waals surface area contributed by atoms with Gasteiger partial charge in [0.15, 0.2) is 0 Å². The molecule has 0 N–H and O–H groups in total. The van der Waals surface area contributed by atoms with Crippen LogP contribution < -0.4 is 4.90 Å². The fourth-order valence-electron chi connectivity index (χ4n) is 9.40. The first-order valence-corrected chi connectivity index (χ1v) is 20.6. The van der Waals surface area contributed by atoms with Gasteiger partial charge in [-0.3, -0.25) is 0 Å². The molecule has 0 radical (unpaired) electrons. The van der Waals surface area contributed by atoms with E-state index in [2.05, 4.69) is 217 Å². The first-order chi connectivity index (χ1) is 29.7. The molecular formula is C58H37NO. The molecule has 2 nitrogen and oxygen atoms in total. The van der Waals surface area contributed by atoms with Crippen molar-refractivity contribution in [2.45, 2.75) is 0 Å². The molecule has 12 rings (SSSR count). The van der Waals surface area contributed by atoms with Crippen LogP contribution in [0.25, 0.3) is 98.4 Å². The third kappa shape index (κ3) is 5.57. The van der Waals surface area contributed by atoms with Crippen molar-refractivity contribution in [2.75, 3.05) is 4.90 Å². The molecule has 1 heterocycles. The summed E-state index contributed by atoms with van der Waals surface area (Å²) < 4.78 is 6.28. The van der Waals surface area contributed by atoms with E-state index in [-0.39, 0.29) is 0 Å². The van der Waals surface area contributed by atoms with Crippen molar-refractivity contribution in [3.63, 3.8) is 0 Å². The van der Waals surface area contributed by atoms with Gasteiger partial charge in [0, 0.05) is 27.7 Å². The Morgan fingerprint density at radius 2 is 0.800 bits per heavy atom. The topological polar surface area (TPSA) is 16.4 Å². The van der Waals surface area contributed by atoms with Gasteiger partial charge in [0.25, 0.3) is 0 Å². The summed E-state index contributed by atoms with van der Waals surface area (Å²) in [6.07, 6.45) is 0. The second-order valence-corrected chi connectivity index (χ2v) is 15.6. The number of para-hydroxylation sites is 2. The lowest BCUT2D eigenvalue weighted by molar-refractivity contribution is 0.669. The summed E-state index contributed by atoms with van der Waals surface area (Å²) in [4.78, 5) is 2.41. The van der Waals surface area contributed by atoms with E-state index in [1.165, 1.54) is 59.8 Å². The van der Waals surface area contributed by atoms with Gasteiger partial charge in [0.05, 0.1) is 5.69 Å². The minimum absolute atomic E-state index is 0.899. The molecular weight excluding hydrogens is 727 g/mol. The Morgan fingerprint density at radius 1 is 0.283 bits per heavy atom. The maximum absolute atomic E-state index is 6.28. The molecule has 280 valence electrons. The standard InChI is InChI=1S/C58H37NO/c1-3-14-46-38(12-1)24-25-40-26-27-43(37-53(40)46)48-16-7-9-21-55(48)59(44-32-28-39(29-33-44)49-20-11-23-57-58(49)52-19-8-10-22-56(52)60-57)45-34-30-41(31-35-45)54-36-42-13-2-4-15-47(42)50-17-5-6-18-51(50)54/h1-37H. The molecule has 0 aliphatic rings. The van der Waals surface area contributed by atoms with Crippen LogP contribution in [0, 0.1) is 0 Å². The molecule has 1 aromatic heterocycles. The largest absolute Gasteiger partial charge is 0.456 e. The van der Waals surface area contributed by atoms with Gasteiger partial charge < -0.3 is 9.32 Å². The summed E-state index contributed by atoms with van der Waals surface area (Å²) in [5.41, 5.74) is 12.1. The quantitative estimate of drug-likeness (QED) is 0.157. The van der Waals surface area contributed by atoms with E-state index in [0.29, 0.717) is 0 Å². The van der Waals surface area contributed by atoms with Crippen LogP contribution in [0.4, 0.5) is 17.1 Å². The fourth-order valence-corrected chi connectivity index (χ4v) is 9.40. The lowest BCUT2D eigenvalue weighted by Crippen LogP contribution is -2.11. The van der Waals surface area contributed by atoms with Gasteiger partial charge in [-0.2, -0.15) is 0 Å². The molecule has 0 atom stereocenters. The van der Waals surface area contributed by atoms with Crippen molar-refractivity contribution < 1.29 is 4.42 Å². The zero-order chi connectivity index (χ0) is 39.6. The van der Waals surface area contributed by atoms with Crippen LogP contribution in [0.3, 0.4) is 0 Å². The van der Waals surface area contributed by atoms with Crippen LogP contribution in [0.15, 0.2) is 229 Å². The molecule has 0 aliphatic heterocycles. The monoisotopic (exact) mass is 763 g/mol. The predicted octanol–water partition coefficient (Wildman–Crippen LogP) is 16.7. The molecule has 0 bridgehead atoms. The van der Waals surface area contributed by atoms with E-state index in [1.807, 2.05) is 12.1 Å². The van der Waals surface area contributed by atoms with Gasteiger partial charge in [0.1, 0.15) is 11.2 Å². The fraction of sp³-hybridized carbons (Fsp3) is 0. The van der Waals surface area contributed by atoms with E-state index in [9.17, 15) is 0 Å². The van der Waals surface area contributed by atoms with Crippen molar-refractivity contribution in [3.05, 3.63) is 224 Å². The second-order valence-electron chi connectivity index (χ2n) is 15.6. The van der Waals surface area contributed by atoms with Gasteiger partial charge >= 0.3 is 0 Å². The van der Waals surface area contributed by atoms with Crippen molar-refractivity contribution in [3.8, 4) is 33.4 Å². The third-order valence-electron chi connectivity index (χ3n) is 12.2. The average molecular weight is 764 g/mol. The normalized spacial score (nSPS) is 11.7. The van der Waals surface area contributed by atoms with Gasteiger partial charge in [-0.1, -0.05) is 170 Å². The second kappa shape index (κ2) is 13.9. The van der Waals surface area contributed by atoms with Crippen LogP contribution >= 0.6 is 0 Å². The Labute approximate surface area is 347 Å². The number of fused-ring (bicyclic) bond motifs is 9. The highest BCUT2D eigenvalue weighted by Gasteiger charge is 2.20. The summed E-state index contributed by atoms with van der Waals surface area (Å²) in [5.74, 6) is 0. The van der Waals surface area contributed by atoms with E-state index in [1.54, 1.807) is 0 Å². The first kappa shape index (κ1) is 34.1. The summed E-state index contributed by atoms with van der Waals surface area (Å²) >= 11 is 0. The van der Waals surface area contributed by atoms with Crippen LogP contribution in [0.1, 0.15) is 0 Å². The Kier molecular flexibility index (Phi) is 7.89. The molecule has 0 spiro atoms. The van der Waals surface area contributed by atoms with E-state index < -0.39 is 0 Å². The highest BCUT2D eigenvalue weighted by atomic mass is 16.3. The smallest absolute Gasteiger partial charge is 0.136 e. The number of furan rings is 1. The Bertz CT molecular complexity index is 3600. The number of rotatable bonds is 6. The van der Waals surface area contributed by atoms with Gasteiger partial charge in [-0.05, 0) is 126 Å². The summed E-state index contributed by atoms with van der Waals surface area (Å²) in [6, 6.07) is 81.4. The highest BCUT2D eigenvalue weighted by molar-refractivity contribution is 6.15. The number of benzene rings is 11. The number of hydrogen-bond acceptors (Lipinski definition) is 2. The SMILES string of the molecule is c1ccc(N(c2ccc(-c3cc4ccccc4c4ccccc34)cc2)c2ccc(-c3cccc4oc5ccccc5c34)cc2)c(-c2ccc3ccc4ccccc4c3c2)c1. The van der Waals surface area contributed by atoms with Gasteiger partial charge in [-0.25, -0.2) is 0 Å². The molecule has 0 amide bonds. The molecule has 0 fully saturated rings. The van der Waals surface area contributed by atoms with E-state index in [4.69, 9.17) is 4.42 Å². The Balaban J connectivity index is 1.02. The van der Waals surface area contributed by atoms with Crippen LogP contribution in [-0.4, -0.2) is 0 Å². The molecule has 12 aromatic rings. The van der Waals surface area contributed by atoms with E-state index >= 15 is 0 Å². The molecule has 11 aromatic carbocycles. The van der Waals surface area contributed by atoms with Crippen LogP contribution in [0.5, 0.6) is 0 Å². The molecule has 0 saturated carbocycles. The first-order valence-electron chi connectivity index (χ1n) is 20.6. The van der Waals surface area contributed by atoms with Crippen molar-refractivity contribution in [1.29, 1.82) is 0 Å². The zero-order valence-corrected chi connectivity index (χ0v) is 32.7. The maximum atomic E-state index is 6.28. The summed E-state index contributed by atoms with van der Waals surface area (Å²) in [6.45, 7) is 0. The molecule has 0 unspecified atom stereocenters. The number of anilines is 3. The maximum Gasteiger partial charge on any atom is 0.136 e.